The van der Waals surface area contributed by atoms with Gasteiger partial charge in [-0.15, -0.1) is 11.3 Å². The number of nitrogens with zero attached hydrogens (tertiary/aromatic N) is 4. The lowest BCUT2D eigenvalue weighted by molar-refractivity contribution is 1.35. The minimum atomic E-state index is 0.879. The van der Waals surface area contributed by atoms with Crippen LogP contribution in [-0.4, -0.2) is 19.9 Å². The van der Waals surface area contributed by atoms with Crippen molar-refractivity contribution in [2.45, 2.75) is 0 Å². The van der Waals surface area contributed by atoms with Crippen LogP contribution >= 0.6 is 11.3 Å². The van der Waals surface area contributed by atoms with E-state index in [4.69, 9.17) is 19.9 Å². The Bertz CT molecular complexity index is 3610. The predicted octanol–water partition coefficient (Wildman–Crippen LogP) is 14.6. The maximum atomic E-state index is 5.47. The standard InChI is InChI=1S/C54H32N4S/c1-3-10-33(11-4-1)45-26-21-35-18-19-36-23-28-47(57-52(36)51(35)55-45)39-14-9-15-40(30-39)48-32-43(38-24-29-50-44(31-38)41-16-7-8-17-49(41)59-50)42-25-20-37-22-27-46(34-12-5-2-6-13-34)56-53(37)54(42)58-48/h1-32H. The fourth-order valence-electron chi connectivity index (χ4n) is 8.46. The van der Waals surface area contributed by atoms with Gasteiger partial charge in [-0.25, -0.2) is 19.9 Å². The summed E-state index contributed by atoms with van der Waals surface area (Å²) in [6.07, 6.45) is 0. The molecule has 0 amide bonds. The third kappa shape index (κ3) is 5.74. The molecule has 0 spiro atoms. The van der Waals surface area contributed by atoms with Crippen LogP contribution in [0.4, 0.5) is 0 Å². The van der Waals surface area contributed by atoms with Gasteiger partial charge in [-0.3, -0.25) is 0 Å². The minimum Gasteiger partial charge on any atom is -0.245 e. The third-order valence-corrected chi connectivity index (χ3v) is 12.6. The molecule has 0 fully saturated rings. The highest BCUT2D eigenvalue weighted by atomic mass is 32.1. The van der Waals surface area contributed by atoms with Crippen molar-refractivity contribution < 1.29 is 0 Å². The molecular weight excluding hydrogens is 737 g/mol. The number of thiophene rings is 1. The molecule has 0 aliphatic carbocycles. The number of pyridine rings is 4. The van der Waals surface area contributed by atoms with Gasteiger partial charge in [-0.1, -0.05) is 146 Å². The second-order valence-corrected chi connectivity index (χ2v) is 16.1. The first-order valence-electron chi connectivity index (χ1n) is 19.8. The van der Waals surface area contributed by atoms with Crippen LogP contribution in [-0.2, 0) is 0 Å². The van der Waals surface area contributed by atoms with E-state index in [9.17, 15) is 0 Å². The van der Waals surface area contributed by atoms with E-state index in [1.54, 1.807) is 0 Å². The number of rotatable bonds is 5. The Balaban J connectivity index is 1.05. The molecule has 5 heteroatoms. The zero-order chi connectivity index (χ0) is 38.9. The Morgan fingerprint density at radius 3 is 1.42 bits per heavy atom. The van der Waals surface area contributed by atoms with Gasteiger partial charge >= 0.3 is 0 Å². The van der Waals surface area contributed by atoms with E-state index in [0.717, 1.165) is 99.8 Å². The summed E-state index contributed by atoms with van der Waals surface area (Å²) in [7, 11) is 0. The fraction of sp³-hybridized carbons (Fsp3) is 0. The molecule has 0 aliphatic rings. The number of hydrogen-bond acceptors (Lipinski definition) is 5. The highest BCUT2D eigenvalue weighted by Gasteiger charge is 2.17. The Hall–Kier alpha value is -7.60. The normalized spacial score (nSPS) is 11.7. The van der Waals surface area contributed by atoms with Gasteiger partial charge in [0, 0.05) is 64.0 Å². The molecule has 12 rings (SSSR count). The van der Waals surface area contributed by atoms with E-state index in [-0.39, 0.29) is 0 Å². The molecule has 0 saturated heterocycles. The summed E-state index contributed by atoms with van der Waals surface area (Å²) < 4.78 is 2.58. The van der Waals surface area contributed by atoms with Crippen molar-refractivity contribution in [3.05, 3.63) is 194 Å². The molecule has 4 nitrogen and oxygen atoms in total. The molecule has 0 bridgehead atoms. The minimum absolute atomic E-state index is 0.879. The number of aromatic nitrogens is 4. The molecule has 0 N–H and O–H groups in total. The fourth-order valence-corrected chi connectivity index (χ4v) is 9.54. The third-order valence-electron chi connectivity index (χ3n) is 11.4. The van der Waals surface area contributed by atoms with Crippen molar-refractivity contribution in [1.29, 1.82) is 0 Å². The lowest BCUT2D eigenvalue weighted by Gasteiger charge is -2.14. The molecule has 59 heavy (non-hydrogen) atoms. The second kappa shape index (κ2) is 13.5. The average Bonchev–Trinajstić information content (AvgIpc) is 3.69. The lowest BCUT2D eigenvalue weighted by atomic mass is 9.95. The molecule has 5 heterocycles. The SMILES string of the molecule is c1ccc(-c2ccc3ccc4ccc(-c5cccc(-c6cc(-c7ccc8sc9ccccc9c8c7)c7ccc8ccc(-c9ccccc9)nc8c7n6)c5)nc4c3n2)cc1. The number of hydrogen-bond donors (Lipinski definition) is 0. The largest absolute Gasteiger partial charge is 0.245 e. The quantitative estimate of drug-likeness (QED) is 0.164. The van der Waals surface area contributed by atoms with Crippen LogP contribution in [0.3, 0.4) is 0 Å². The highest BCUT2D eigenvalue weighted by Crippen LogP contribution is 2.41. The van der Waals surface area contributed by atoms with Crippen LogP contribution in [0.25, 0.3) is 120 Å². The van der Waals surface area contributed by atoms with Crippen molar-refractivity contribution in [3.63, 3.8) is 0 Å². The molecule has 12 aromatic rings. The molecule has 5 aromatic heterocycles. The topological polar surface area (TPSA) is 51.6 Å². The van der Waals surface area contributed by atoms with Crippen LogP contribution in [0.5, 0.6) is 0 Å². The summed E-state index contributed by atoms with van der Waals surface area (Å²) in [5.41, 5.74) is 13.6. The van der Waals surface area contributed by atoms with Crippen molar-refractivity contribution in [3.8, 4) is 56.2 Å². The van der Waals surface area contributed by atoms with Gasteiger partial charge in [0.1, 0.15) is 0 Å². The summed E-state index contributed by atoms with van der Waals surface area (Å²) in [5, 5.41) is 6.79. The van der Waals surface area contributed by atoms with E-state index >= 15 is 0 Å². The summed E-state index contributed by atoms with van der Waals surface area (Å²) in [6, 6.07) is 68.5. The molecule has 0 atom stereocenters. The summed E-state index contributed by atoms with van der Waals surface area (Å²) >= 11 is 1.84. The van der Waals surface area contributed by atoms with Gasteiger partial charge in [0.25, 0.3) is 0 Å². The first-order chi connectivity index (χ1) is 29.2. The van der Waals surface area contributed by atoms with Gasteiger partial charge in [-0.2, -0.15) is 0 Å². The van der Waals surface area contributed by atoms with Gasteiger partial charge in [0.2, 0.25) is 0 Å². The molecular formula is C54H32N4S. The van der Waals surface area contributed by atoms with E-state index in [1.165, 1.54) is 20.2 Å². The zero-order valence-electron chi connectivity index (χ0n) is 31.7. The first-order valence-corrected chi connectivity index (χ1v) is 20.6. The molecule has 0 saturated carbocycles. The van der Waals surface area contributed by atoms with E-state index in [2.05, 4.69) is 170 Å². The van der Waals surface area contributed by atoms with Gasteiger partial charge in [-0.05, 0) is 59.7 Å². The first kappa shape index (κ1) is 33.5. The average molecular weight is 769 g/mol. The summed E-state index contributed by atoms with van der Waals surface area (Å²) in [6.45, 7) is 0. The van der Waals surface area contributed by atoms with Crippen LogP contribution in [0, 0.1) is 0 Å². The van der Waals surface area contributed by atoms with Crippen molar-refractivity contribution in [2.75, 3.05) is 0 Å². The Labute approximate surface area is 343 Å². The monoisotopic (exact) mass is 768 g/mol. The highest BCUT2D eigenvalue weighted by molar-refractivity contribution is 7.25. The van der Waals surface area contributed by atoms with Crippen molar-refractivity contribution in [1.82, 2.24) is 19.9 Å². The summed E-state index contributed by atoms with van der Waals surface area (Å²) in [4.78, 5) is 21.2. The number of benzene rings is 7. The zero-order valence-corrected chi connectivity index (χ0v) is 32.5. The van der Waals surface area contributed by atoms with Gasteiger partial charge < -0.3 is 0 Å². The van der Waals surface area contributed by atoms with Crippen LogP contribution in [0.15, 0.2) is 194 Å². The Morgan fingerprint density at radius 1 is 0.271 bits per heavy atom. The molecule has 0 radical (unpaired) electrons. The maximum Gasteiger partial charge on any atom is 0.0978 e. The van der Waals surface area contributed by atoms with Crippen molar-refractivity contribution >= 4 is 75.1 Å². The second-order valence-electron chi connectivity index (χ2n) is 15.0. The van der Waals surface area contributed by atoms with E-state index in [0.29, 0.717) is 0 Å². The molecule has 7 aromatic carbocycles. The lowest BCUT2D eigenvalue weighted by Crippen LogP contribution is -1.94. The Morgan fingerprint density at radius 2 is 0.763 bits per heavy atom. The molecule has 0 aliphatic heterocycles. The predicted molar refractivity (Wildman–Crippen MR) is 248 cm³/mol. The summed E-state index contributed by atoms with van der Waals surface area (Å²) in [5.74, 6) is 0. The van der Waals surface area contributed by atoms with Gasteiger partial charge in [0.05, 0.1) is 44.8 Å². The smallest absolute Gasteiger partial charge is 0.0978 e. The van der Waals surface area contributed by atoms with Gasteiger partial charge in [0.15, 0.2) is 0 Å². The Kier molecular flexibility index (Phi) is 7.68. The van der Waals surface area contributed by atoms with Crippen molar-refractivity contribution in [2.24, 2.45) is 0 Å². The van der Waals surface area contributed by atoms with Crippen LogP contribution in [0.1, 0.15) is 0 Å². The van der Waals surface area contributed by atoms with Crippen LogP contribution < -0.4 is 0 Å². The number of fused-ring (bicyclic) bond motifs is 9. The van der Waals surface area contributed by atoms with Crippen LogP contribution in [0.2, 0.25) is 0 Å². The maximum absolute atomic E-state index is 5.47. The van der Waals surface area contributed by atoms with E-state index < -0.39 is 0 Å². The van der Waals surface area contributed by atoms with E-state index in [1.807, 2.05) is 35.6 Å². The molecule has 274 valence electrons. The molecule has 0 unspecified atom stereocenters.